The lowest BCUT2D eigenvalue weighted by Crippen LogP contribution is -2.36. The molecule has 7 heteroatoms. The molecule has 0 aliphatic carbocycles. The van der Waals surface area contributed by atoms with Gasteiger partial charge in [-0.2, -0.15) is 0 Å². The molecule has 2 aromatic rings. The lowest BCUT2D eigenvalue weighted by atomic mass is 10.0. The van der Waals surface area contributed by atoms with E-state index in [1.807, 2.05) is 12.1 Å². The fourth-order valence-corrected chi connectivity index (χ4v) is 3.69. The molecule has 5 nitrogen and oxygen atoms in total. The molecule has 0 spiro atoms. The van der Waals surface area contributed by atoms with Crippen LogP contribution in [0.15, 0.2) is 42.5 Å². The van der Waals surface area contributed by atoms with Gasteiger partial charge in [-0.1, -0.05) is 23.7 Å². The van der Waals surface area contributed by atoms with E-state index in [0.29, 0.717) is 22.9 Å². The quantitative estimate of drug-likeness (QED) is 0.717. The van der Waals surface area contributed by atoms with Crippen molar-refractivity contribution in [3.8, 4) is 11.5 Å². The number of nitrogens with zero attached hydrogens (tertiary/aromatic N) is 1. The van der Waals surface area contributed by atoms with Gasteiger partial charge in [-0.3, -0.25) is 9.69 Å². The van der Waals surface area contributed by atoms with E-state index in [4.69, 9.17) is 21.1 Å². The number of rotatable bonds is 7. The molecule has 28 heavy (non-hydrogen) atoms. The first-order valence-corrected chi connectivity index (χ1v) is 9.50. The molecule has 2 aromatic carbocycles. The van der Waals surface area contributed by atoms with E-state index in [-0.39, 0.29) is 24.4 Å². The number of carbonyl (C=O) groups excluding carboxylic acids is 1. The summed E-state index contributed by atoms with van der Waals surface area (Å²) in [6, 6.07) is 13.3. The number of halogens is 2. The Kier molecular flexibility index (Phi) is 8.42. The van der Waals surface area contributed by atoms with Crippen LogP contribution in [0.2, 0.25) is 5.02 Å². The van der Waals surface area contributed by atoms with Gasteiger partial charge in [-0.25, -0.2) is 0 Å². The molecule has 1 fully saturated rings. The van der Waals surface area contributed by atoms with Gasteiger partial charge in [0.2, 0.25) is 0 Å². The van der Waals surface area contributed by atoms with Crippen LogP contribution in [-0.2, 0) is 0 Å². The van der Waals surface area contributed by atoms with Gasteiger partial charge in [0, 0.05) is 12.1 Å². The zero-order valence-electron chi connectivity index (χ0n) is 16.1. The normalized spacial score (nSPS) is 14.8. The molecule has 0 bridgehead atoms. The van der Waals surface area contributed by atoms with Crippen LogP contribution in [0, 0.1) is 0 Å². The highest BCUT2D eigenvalue weighted by atomic mass is 35.5. The second-order valence-corrected chi connectivity index (χ2v) is 7.00. The lowest BCUT2D eigenvalue weighted by molar-refractivity contribution is 0.0938. The molecule has 3 rings (SSSR count). The Morgan fingerprint density at radius 2 is 1.79 bits per heavy atom. The first-order valence-electron chi connectivity index (χ1n) is 9.12. The average molecular weight is 425 g/mol. The number of likely N-dealkylation sites (tertiary alicyclic amines) is 1. The Balaban J connectivity index is 0.00000280. The van der Waals surface area contributed by atoms with Crippen LogP contribution in [0.25, 0.3) is 0 Å². The van der Waals surface area contributed by atoms with Gasteiger partial charge < -0.3 is 14.8 Å². The SMILES string of the molecule is COc1ccc(C(CNC(=O)c2ccc(OC)c(Cl)c2)N2CCCC2)cc1.Cl. The highest BCUT2D eigenvalue weighted by Gasteiger charge is 2.24. The van der Waals surface area contributed by atoms with Crippen molar-refractivity contribution in [1.82, 2.24) is 10.2 Å². The van der Waals surface area contributed by atoms with Crippen molar-refractivity contribution in [3.05, 3.63) is 58.6 Å². The monoisotopic (exact) mass is 424 g/mol. The minimum Gasteiger partial charge on any atom is -0.497 e. The number of hydrogen-bond acceptors (Lipinski definition) is 4. The molecule has 0 radical (unpaired) electrons. The summed E-state index contributed by atoms with van der Waals surface area (Å²) in [5, 5.41) is 3.48. The highest BCUT2D eigenvalue weighted by molar-refractivity contribution is 6.32. The maximum atomic E-state index is 12.6. The Bertz CT molecular complexity index is 778. The third-order valence-corrected chi connectivity index (χ3v) is 5.25. The van der Waals surface area contributed by atoms with Gasteiger partial charge in [0.25, 0.3) is 5.91 Å². The third kappa shape index (κ3) is 5.31. The third-order valence-electron chi connectivity index (χ3n) is 4.95. The maximum absolute atomic E-state index is 12.6. The largest absolute Gasteiger partial charge is 0.497 e. The predicted octanol–water partition coefficient (Wildman–Crippen LogP) is 4.35. The topological polar surface area (TPSA) is 50.8 Å². The van der Waals surface area contributed by atoms with Crippen molar-refractivity contribution in [2.24, 2.45) is 0 Å². The Hall–Kier alpha value is -1.95. The minimum absolute atomic E-state index is 0. The number of nitrogens with one attached hydrogen (secondary N) is 1. The molecule has 1 atom stereocenters. The first kappa shape index (κ1) is 22.3. The van der Waals surface area contributed by atoms with Crippen LogP contribution in [0.5, 0.6) is 11.5 Å². The van der Waals surface area contributed by atoms with E-state index >= 15 is 0 Å². The van der Waals surface area contributed by atoms with Crippen molar-refractivity contribution >= 4 is 29.9 Å². The van der Waals surface area contributed by atoms with Crippen LogP contribution in [0.1, 0.15) is 34.8 Å². The number of hydrogen-bond donors (Lipinski definition) is 1. The Morgan fingerprint density at radius 1 is 1.11 bits per heavy atom. The lowest BCUT2D eigenvalue weighted by Gasteiger charge is -2.28. The molecule has 1 aliphatic heterocycles. The standard InChI is InChI=1S/C21H25ClN2O3.ClH/c1-26-17-8-5-15(6-9-17)19(24-11-3-4-12-24)14-23-21(25)16-7-10-20(27-2)18(22)13-16;/h5-10,13,19H,3-4,11-12,14H2,1-2H3,(H,23,25);1H. The van der Waals surface area contributed by atoms with E-state index < -0.39 is 0 Å². The Labute approximate surface area is 177 Å². The van der Waals surface area contributed by atoms with Gasteiger partial charge in [0.1, 0.15) is 11.5 Å². The van der Waals surface area contributed by atoms with Crippen LogP contribution >= 0.6 is 24.0 Å². The molecule has 1 N–H and O–H groups in total. The summed E-state index contributed by atoms with van der Waals surface area (Å²) in [5.41, 5.74) is 1.70. The van der Waals surface area contributed by atoms with Crippen molar-refractivity contribution in [2.75, 3.05) is 33.9 Å². The van der Waals surface area contributed by atoms with Crippen molar-refractivity contribution < 1.29 is 14.3 Å². The molecule has 1 unspecified atom stereocenters. The van der Waals surface area contributed by atoms with Crippen LogP contribution in [0.4, 0.5) is 0 Å². The van der Waals surface area contributed by atoms with Crippen LogP contribution in [-0.4, -0.2) is 44.7 Å². The molecular weight excluding hydrogens is 399 g/mol. The summed E-state index contributed by atoms with van der Waals surface area (Å²) in [6.45, 7) is 2.62. The van der Waals surface area contributed by atoms with Crippen LogP contribution < -0.4 is 14.8 Å². The van der Waals surface area contributed by atoms with Crippen molar-refractivity contribution in [2.45, 2.75) is 18.9 Å². The van der Waals surface area contributed by atoms with E-state index in [2.05, 4.69) is 22.3 Å². The van der Waals surface area contributed by atoms with E-state index in [1.54, 1.807) is 32.4 Å². The minimum atomic E-state index is -0.141. The fraction of sp³-hybridized carbons (Fsp3) is 0.381. The highest BCUT2D eigenvalue weighted by Crippen LogP contribution is 2.27. The summed E-state index contributed by atoms with van der Waals surface area (Å²) < 4.78 is 10.4. The second-order valence-electron chi connectivity index (χ2n) is 6.59. The number of methoxy groups -OCH3 is 2. The number of amides is 1. The van der Waals surface area contributed by atoms with Gasteiger partial charge in [0.15, 0.2) is 0 Å². The predicted molar refractivity (Wildman–Crippen MR) is 114 cm³/mol. The molecule has 1 aliphatic rings. The first-order chi connectivity index (χ1) is 13.1. The number of ether oxygens (including phenoxy) is 2. The summed E-state index contributed by atoms with van der Waals surface area (Å²) in [6.07, 6.45) is 2.38. The Morgan fingerprint density at radius 3 is 2.36 bits per heavy atom. The molecule has 152 valence electrons. The summed E-state index contributed by atoms with van der Waals surface area (Å²) in [7, 11) is 3.21. The van der Waals surface area contributed by atoms with Gasteiger partial charge in [0.05, 0.1) is 25.3 Å². The fourth-order valence-electron chi connectivity index (χ4n) is 3.44. The second kappa shape index (κ2) is 10.6. The zero-order valence-corrected chi connectivity index (χ0v) is 17.7. The van der Waals surface area contributed by atoms with Crippen LogP contribution in [0.3, 0.4) is 0 Å². The van der Waals surface area contributed by atoms with Gasteiger partial charge in [-0.15, -0.1) is 12.4 Å². The summed E-state index contributed by atoms with van der Waals surface area (Å²) in [4.78, 5) is 15.0. The molecular formula is C21H26Cl2N2O3. The van der Waals surface area contributed by atoms with Crippen molar-refractivity contribution in [3.63, 3.8) is 0 Å². The van der Waals surface area contributed by atoms with Gasteiger partial charge >= 0.3 is 0 Å². The molecule has 0 saturated carbocycles. The number of benzene rings is 2. The smallest absolute Gasteiger partial charge is 0.251 e. The van der Waals surface area contributed by atoms with Crippen molar-refractivity contribution in [1.29, 1.82) is 0 Å². The molecule has 1 amide bonds. The molecule has 1 saturated heterocycles. The van der Waals surface area contributed by atoms with E-state index in [0.717, 1.165) is 18.8 Å². The summed E-state index contributed by atoms with van der Waals surface area (Å²) in [5.74, 6) is 1.24. The zero-order chi connectivity index (χ0) is 19.2. The maximum Gasteiger partial charge on any atom is 0.251 e. The van der Waals surface area contributed by atoms with E-state index in [1.165, 1.54) is 18.4 Å². The average Bonchev–Trinajstić information content (AvgIpc) is 3.23. The number of carbonyl (C=O) groups is 1. The van der Waals surface area contributed by atoms with E-state index in [9.17, 15) is 4.79 Å². The van der Waals surface area contributed by atoms with Gasteiger partial charge in [-0.05, 0) is 61.8 Å². The molecule has 1 heterocycles. The molecule has 0 aromatic heterocycles. The summed E-state index contributed by atoms with van der Waals surface area (Å²) >= 11 is 6.14.